The first kappa shape index (κ1) is 18.8. The average molecular weight is 403 g/mol. The van der Waals surface area contributed by atoms with Crippen molar-refractivity contribution in [1.29, 1.82) is 5.26 Å². The van der Waals surface area contributed by atoms with Gasteiger partial charge in [0.15, 0.2) is 0 Å². The average Bonchev–Trinajstić information content (AvgIpc) is 2.76. The monoisotopic (exact) mass is 402 g/mol. The molecule has 0 spiro atoms. The SMILES string of the molecule is Cn1c(=O)cc(-c2cccc(C#N)n2)c2cc(C(O)c3ccc(Cl)cc3)ncc21. The molecule has 0 aliphatic rings. The van der Waals surface area contributed by atoms with Crippen molar-refractivity contribution in [2.45, 2.75) is 6.10 Å². The van der Waals surface area contributed by atoms with Crippen LogP contribution in [0.25, 0.3) is 22.2 Å². The van der Waals surface area contributed by atoms with E-state index in [0.717, 1.165) is 0 Å². The summed E-state index contributed by atoms with van der Waals surface area (Å²) in [5.74, 6) is 0. The number of pyridine rings is 3. The number of nitriles is 1. The van der Waals surface area contributed by atoms with Crippen molar-refractivity contribution in [3.63, 3.8) is 0 Å². The fourth-order valence-corrected chi connectivity index (χ4v) is 3.31. The summed E-state index contributed by atoms with van der Waals surface area (Å²) in [6.45, 7) is 0. The molecule has 1 N–H and O–H groups in total. The number of benzene rings is 1. The van der Waals surface area contributed by atoms with E-state index < -0.39 is 6.10 Å². The van der Waals surface area contributed by atoms with Gasteiger partial charge in [-0.2, -0.15) is 5.26 Å². The van der Waals surface area contributed by atoms with Crippen LogP contribution in [0.15, 0.2) is 65.6 Å². The van der Waals surface area contributed by atoms with Crippen LogP contribution in [-0.4, -0.2) is 19.6 Å². The third-order valence-electron chi connectivity index (χ3n) is 4.76. The highest BCUT2D eigenvalue weighted by atomic mass is 35.5. The van der Waals surface area contributed by atoms with Gasteiger partial charge in [0.05, 0.1) is 23.1 Å². The van der Waals surface area contributed by atoms with Gasteiger partial charge in [-0.3, -0.25) is 9.78 Å². The van der Waals surface area contributed by atoms with Gasteiger partial charge in [0.2, 0.25) is 0 Å². The van der Waals surface area contributed by atoms with Crippen molar-refractivity contribution in [3.05, 3.63) is 93.1 Å². The van der Waals surface area contributed by atoms with Crippen molar-refractivity contribution < 1.29 is 5.11 Å². The van der Waals surface area contributed by atoms with Crippen LogP contribution in [0.4, 0.5) is 0 Å². The number of fused-ring (bicyclic) bond motifs is 1. The number of rotatable bonds is 3. The predicted molar refractivity (Wildman–Crippen MR) is 110 cm³/mol. The molecule has 6 nitrogen and oxygen atoms in total. The number of nitrogens with zero attached hydrogens (tertiary/aromatic N) is 4. The van der Waals surface area contributed by atoms with E-state index in [9.17, 15) is 9.90 Å². The maximum absolute atomic E-state index is 12.4. The molecule has 3 aromatic heterocycles. The zero-order valence-electron chi connectivity index (χ0n) is 15.4. The Morgan fingerprint density at radius 1 is 1.17 bits per heavy atom. The molecular weight excluding hydrogens is 388 g/mol. The zero-order valence-corrected chi connectivity index (χ0v) is 16.1. The highest BCUT2D eigenvalue weighted by Gasteiger charge is 2.16. The third kappa shape index (κ3) is 3.49. The molecule has 0 saturated carbocycles. The Morgan fingerprint density at radius 3 is 2.66 bits per heavy atom. The molecule has 4 aromatic rings. The quantitative estimate of drug-likeness (QED) is 0.565. The number of aliphatic hydroxyl groups excluding tert-OH is 1. The molecule has 0 bridgehead atoms. The summed E-state index contributed by atoms with van der Waals surface area (Å²) in [6.07, 6.45) is 0.600. The summed E-state index contributed by atoms with van der Waals surface area (Å²) < 4.78 is 1.48. The number of halogens is 1. The molecule has 1 unspecified atom stereocenters. The Balaban J connectivity index is 1.93. The first-order chi connectivity index (χ1) is 14.0. The highest BCUT2D eigenvalue weighted by Crippen LogP contribution is 2.29. The molecule has 7 heteroatoms. The van der Waals surface area contributed by atoms with Crippen molar-refractivity contribution >= 4 is 22.5 Å². The van der Waals surface area contributed by atoms with Crippen LogP contribution in [-0.2, 0) is 7.05 Å². The predicted octanol–water partition coefficient (Wildman–Crippen LogP) is 3.60. The summed E-state index contributed by atoms with van der Waals surface area (Å²) >= 11 is 5.93. The van der Waals surface area contributed by atoms with Crippen LogP contribution in [0.1, 0.15) is 23.1 Å². The van der Waals surface area contributed by atoms with Crippen molar-refractivity contribution in [1.82, 2.24) is 14.5 Å². The summed E-state index contributed by atoms with van der Waals surface area (Å²) in [7, 11) is 1.66. The Hall–Kier alpha value is -3.53. The summed E-state index contributed by atoms with van der Waals surface area (Å²) in [5, 5.41) is 21.2. The maximum atomic E-state index is 12.4. The number of hydrogen-bond acceptors (Lipinski definition) is 5. The zero-order chi connectivity index (χ0) is 20.5. The molecular formula is C22H15ClN4O2. The first-order valence-corrected chi connectivity index (χ1v) is 9.16. The molecule has 29 heavy (non-hydrogen) atoms. The molecule has 0 aliphatic heterocycles. The molecule has 0 saturated heterocycles. The molecule has 0 radical (unpaired) electrons. The van der Waals surface area contributed by atoms with E-state index in [1.54, 1.807) is 61.8 Å². The molecule has 3 heterocycles. The lowest BCUT2D eigenvalue weighted by Crippen LogP contribution is -2.17. The van der Waals surface area contributed by atoms with Gasteiger partial charge in [-0.25, -0.2) is 4.98 Å². The summed E-state index contributed by atoms with van der Waals surface area (Å²) in [5.41, 5.74) is 2.80. The van der Waals surface area contributed by atoms with E-state index in [-0.39, 0.29) is 11.3 Å². The second-order valence-electron chi connectivity index (χ2n) is 6.56. The second kappa shape index (κ2) is 7.47. The van der Waals surface area contributed by atoms with Gasteiger partial charge in [0.1, 0.15) is 17.9 Å². The van der Waals surface area contributed by atoms with Crippen LogP contribution in [0, 0.1) is 11.3 Å². The Morgan fingerprint density at radius 2 is 1.93 bits per heavy atom. The van der Waals surface area contributed by atoms with Gasteiger partial charge in [0, 0.05) is 29.1 Å². The normalized spacial score (nSPS) is 11.9. The van der Waals surface area contributed by atoms with Crippen LogP contribution < -0.4 is 5.56 Å². The lowest BCUT2D eigenvalue weighted by molar-refractivity contribution is 0.215. The smallest absolute Gasteiger partial charge is 0.251 e. The largest absolute Gasteiger partial charge is 0.382 e. The first-order valence-electron chi connectivity index (χ1n) is 8.78. The number of aromatic nitrogens is 3. The van der Waals surface area contributed by atoms with Crippen LogP contribution in [0.3, 0.4) is 0 Å². The Kier molecular flexibility index (Phi) is 4.85. The Labute approximate surface area is 171 Å². The minimum absolute atomic E-state index is 0.218. The highest BCUT2D eigenvalue weighted by molar-refractivity contribution is 6.30. The van der Waals surface area contributed by atoms with Crippen LogP contribution in [0.2, 0.25) is 5.02 Å². The van der Waals surface area contributed by atoms with Gasteiger partial charge in [0.25, 0.3) is 5.56 Å². The minimum atomic E-state index is -0.958. The van der Waals surface area contributed by atoms with Gasteiger partial charge in [-0.1, -0.05) is 29.8 Å². The van der Waals surface area contributed by atoms with Crippen LogP contribution >= 0.6 is 11.6 Å². The van der Waals surface area contributed by atoms with Gasteiger partial charge in [-0.05, 0) is 35.9 Å². The van der Waals surface area contributed by atoms with Crippen molar-refractivity contribution in [2.24, 2.45) is 7.05 Å². The third-order valence-corrected chi connectivity index (χ3v) is 5.01. The number of aliphatic hydroxyl groups is 1. The molecule has 1 aromatic carbocycles. The molecule has 1 atom stereocenters. The number of hydrogen-bond donors (Lipinski definition) is 1. The van der Waals surface area contributed by atoms with Crippen molar-refractivity contribution in [2.75, 3.05) is 0 Å². The fourth-order valence-electron chi connectivity index (χ4n) is 3.19. The molecule has 0 amide bonds. The molecule has 142 valence electrons. The van der Waals surface area contributed by atoms with E-state index in [4.69, 9.17) is 16.9 Å². The minimum Gasteiger partial charge on any atom is -0.382 e. The van der Waals surface area contributed by atoms with E-state index in [0.29, 0.717) is 38.4 Å². The van der Waals surface area contributed by atoms with E-state index in [1.807, 2.05) is 6.07 Å². The maximum Gasteiger partial charge on any atom is 0.251 e. The van der Waals surface area contributed by atoms with Gasteiger partial charge in [-0.15, -0.1) is 0 Å². The fraction of sp³-hybridized carbons (Fsp3) is 0.0909. The molecule has 4 rings (SSSR count). The van der Waals surface area contributed by atoms with Gasteiger partial charge < -0.3 is 9.67 Å². The summed E-state index contributed by atoms with van der Waals surface area (Å²) in [4.78, 5) is 21.1. The number of aryl methyl sites for hydroxylation is 1. The lowest BCUT2D eigenvalue weighted by Gasteiger charge is -2.14. The van der Waals surface area contributed by atoms with Crippen molar-refractivity contribution in [3.8, 4) is 17.3 Å². The topological polar surface area (TPSA) is 91.8 Å². The Bertz CT molecular complexity index is 1320. The van der Waals surface area contributed by atoms with E-state index >= 15 is 0 Å². The second-order valence-corrected chi connectivity index (χ2v) is 6.99. The van der Waals surface area contributed by atoms with Gasteiger partial charge >= 0.3 is 0 Å². The summed E-state index contributed by atoms with van der Waals surface area (Å²) in [6, 6.07) is 17.2. The molecule has 0 aliphatic carbocycles. The molecule has 0 fully saturated rings. The van der Waals surface area contributed by atoms with Crippen LogP contribution in [0.5, 0.6) is 0 Å². The van der Waals surface area contributed by atoms with E-state index in [1.165, 1.54) is 10.6 Å². The standard InChI is InChI=1S/C22H15ClN4O2/c1-27-20-12-25-19(22(29)13-5-7-14(23)8-6-13)9-17(20)16(10-21(27)28)18-4-2-3-15(11-24)26-18/h2-10,12,22,29H,1H3. The van der Waals surface area contributed by atoms with E-state index in [2.05, 4.69) is 9.97 Å². The lowest BCUT2D eigenvalue weighted by atomic mass is 10.0.